The van der Waals surface area contributed by atoms with Crippen molar-refractivity contribution in [1.82, 2.24) is 9.88 Å². The summed E-state index contributed by atoms with van der Waals surface area (Å²) in [4.78, 5) is 7.17. The van der Waals surface area contributed by atoms with Gasteiger partial charge in [0.25, 0.3) is 0 Å². The minimum Gasteiger partial charge on any atom is -0.381 e. The second kappa shape index (κ2) is 6.79. The van der Waals surface area contributed by atoms with E-state index in [1.165, 1.54) is 10.7 Å². The van der Waals surface area contributed by atoms with Crippen LogP contribution in [0.2, 0.25) is 0 Å². The molecule has 0 amide bonds. The summed E-state index contributed by atoms with van der Waals surface area (Å²) >= 11 is 1.77. The molecule has 2 heterocycles. The monoisotopic (exact) mass is 283 g/mol. The fourth-order valence-electron chi connectivity index (χ4n) is 2.60. The summed E-state index contributed by atoms with van der Waals surface area (Å²) < 4.78 is 5.46. The van der Waals surface area contributed by atoms with Gasteiger partial charge in [-0.15, -0.1) is 11.3 Å². The maximum absolute atomic E-state index is 5.90. The van der Waals surface area contributed by atoms with Crippen LogP contribution >= 0.6 is 11.3 Å². The molecule has 0 bridgehead atoms. The Morgan fingerprint density at radius 1 is 1.58 bits per heavy atom. The van der Waals surface area contributed by atoms with Gasteiger partial charge in [0.15, 0.2) is 0 Å². The second-order valence-electron chi connectivity index (χ2n) is 5.57. The van der Waals surface area contributed by atoms with E-state index in [9.17, 15) is 0 Å². The molecule has 19 heavy (non-hydrogen) atoms. The Balaban J connectivity index is 1.97. The van der Waals surface area contributed by atoms with Crippen LogP contribution in [0.15, 0.2) is 5.38 Å². The molecule has 1 fully saturated rings. The molecular weight excluding hydrogens is 258 g/mol. The number of methoxy groups -OCH3 is 1. The molecule has 0 aliphatic carbocycles. The highest BCUT2D eigenvalue weighted by Gasteiger charge is 2.27. The predicted octanol–water partition coefficient (Wildman–Crippen LogP) is 2.20. The van der Waals surface area contributed by atoms with E-state index in [0.29, 0.717) is 24.6 Å². The highest BCUT2D eigenvalue weighted by Crippen LogP contribution is 2.24. The van der Waals surface area contributed by atoms with E-state index in [4.69, 9.17) is 15.5 Å². The fourth-order valence-corrected chi connectivity index (χ4v) is 3.42. The Labute approximate surface area is 120 Å². The van der Waals surface area contributed by atoms with Crippen LogP contribution in [-0.2, 0) is 11.3 Å². The molecule has 0 saturated carbocycles. The molecule has 4 nitrogen and oxygen atoms in total. The van der Waals surface area contributed by atoms with E-state index < -0.39 is 0 Å². The number of rotatable bonds is 5. The van der Waals surface area contributed by atoms with Gasteiger partial charge in [0.1, 0.15) is 0 Å². The average molecular weight is 283 g/mol. The van der Waals surface area contributed by atoms with Crippen molar-refractivity contribution in [2.24, 2.45) is 5.73 Å². The summed E-state index contributed by atoms with van der Waals surface area (Å²) in [6.45, 7) is 7.04. The van der Waals surface area contributed by atoms with Crippen molar-refractivity contribution >= 4 is 11.3 Å². The van der Waals surface area contributed by atoms with Crippen molar-refractivity contribution in [1.29, 1.82) is 0 Å². The van der Waals surface area contributed by atoms with E-state index in [0.717, 1.165) is 25.9 Å². The van der Waals surface area contributed by atoms with Crippen LogP contribution in [0.3, 0.4) is 0 Å². The number of thiazole rings is 1. The van der Waals surface area contributed by atoms with Crippen LogP contribution in [0.1, 0.15) is 43.3 Å². The number of piperidine rings is 1. The fraction of sp³-hybridized carbons (Fsp3) is 0.786. The first-order chi connectivity index (χ1) is 9.13. The van der Waals surface area contributed by atoms with Crippen molar-refractivity contribution in [2.75, 3.05) is 20.2 Å². The lowest BCUT2D eigenvalue weighted by molar-refractivity contribution is 0.00982. The maximum Gasteiger partial charge on any atom is 0.0954 e. The Kier molecular flexibility index (Phi) is 5.33. The molecule has 0 radical (unpaired) electrons. The first kappa shape index (κ1) is 14.9. The Morgan fingerprint density at radius 2 is 2.37 bits per heavy atom. The number of likely N-dealkylation sites (tertiary alicyclic amines) is 1. The Morgan fingerprint density at radius 3 is 2.95 bits per heavy atom. The van der Waals surface area contributed by atoms with Crippen LogP contribution in [0.5, 0.6) is 0 Å². The molecule has 1 saturated heterocycles. The van der Waals surface area contributed by atoms with E-state index >= 15 is 0 Å². The molecule has 1 aliphatic rings. The van der Waals surface area contributed by atoms with E-state index in [-0.39, 0.29) is 0 Å². The summed E-state index contributed by atoms with van der Waals surface area (Å²) in [5, 5.41) is 3.41. The SMILES string of the molecule is COC1CCN(Cc2csc(C(C)C)n2)C(CN)C1. The standard InChI is InChI=1S/C14H25N3OS/c1-10(2)14-16-11(9-19-14)8-17-5-4-13(18-3)6-12(17)7-15/h9-10,12-13H,4-8,15H2,1-3H3. The van der Waals surface area contributed by atoms with Crippen LogP contribution in [-0.4, -0.2) is 42.2 Å². The molecule has 2 unspecified atom stereocenters. The topological polar surface area (TPSA) is 51.4 Å². The molecule has 2 N–H and O–H groups in total. The first-order valence-electron chi connectivity index (χ1n) is 7.05. The number of aromatic nitrogens is 1. The van der Waals surface area contributed by atoms with Gasteiger partial charge < -0.3 is 10.5 Å². The lowest BCUT2D eigenvalue weighted by Crippen LogP contribution is -2.48. The van der Waals surface area contributed by atoms with Gasteiger partial charge in [-0.3, -0.25) is 4.90 Å². The number of hydrogen-bond donors (Lipinski definition) is 1. The summed E-state index contributed by atoms with van der Waals surface area (Å²) in [6, 6.07) is 0.419. The van der Waals surface area contributed by atoms with Crippen molar-refractivity contribution in [3.8, 4) is 0 Å². The average Bonchev–Trinajstić information content (AvgIpc) is 2.88. The highest BCUT2D eigenvalue weighted by molar-refractivity contribution is 7.09. The largest absolute Gasteiger partial charge is 0.381 e. The van der Waals surface area contributed by atoms with Gasteiger partial charge in [-0.2, -0.15) is 0 Å². The normalized spacial score (nSPS) is 25.1. The number of nitrogens with zero attached hydrogens (tertiary/aromatic N) is 2. The number of ether oxygens (including phenoxy) is 1. The second-order valence-corrected chi connectivity index (χ2v) is 6.46. The number of nitrogens with two attached hydrogens (primary N) is 1. The summed E-state index contributed by atoms with van der Waals surface area (Å²) in [5.41, 5.74) is 7.09. The van der Waals surface area contributed by atoms with Crippen molar-refractivity contribution in [3.05, 3.63) is 16.1 Å². The highest BCUT2D eigenvalue weighted by atomic mass is 32.1. The third-order valence-corrected chi connectivity index (χ3v) is 5.02. The van der Waals surface area contributed by atoms with Gasteiger partial charge in [-0.05, 0) is 12.8 Å². The van der Waals surface area contributed by atoms with Gasteiger partial charge in [-0.25, -0.2) is 4.98 Å². The smallest absolute Gasteiger partial charge is 0.0954 e. The zero-order chi connectivity index (χ0) is 13.8. The summed E-state index contributed by atoms with van der Waals surface area (Å²) in [7, 11) is 1.79. The van der Waals surface area contributed by atoms with Gasteiger partial charge in [0.2, 0.25) is 0 Å². The minimum atomic E-state index is 0.367. The van der Waals surface area contributed by atoms with E-state index in [1.807, 2.05) is 0 Å². The molecule has 1 aromatic rings. The summed E-state index contributed by atoms with van der Waals surface area (Å²) in [5.74, 6) is 0.517. The molecule has 1 aliphatic heterocycles. The molecular formula is C14H25N3OS. The van der Waals surface area contributed by atoms with Gasteiger partial charge in [0, 0.05) is 44.1 Å². The molecule has 0 spiro atoms. The van der Waals surface area contributed by atoms with Crippen molar-refractivity contribution in [2.45, 2.75) is 51.3 Å². The third kappa shape index (κ3) is 3.75. The third-order valence-electron chi connectivity index (χ3n) is 3.82. The number of hydrogen-bond acceptors (Lipinski definition) is 5. The first-order valence-corrected chi connectivity index (χ1v) is 7.93. The van der Waals surface area contributed by atoms with Crippen LogP contribution in [0.25, 0.3) is 0 Å². The summed E-state index contributed by atoms with van der Waals surface area (Å²) in [6.07, 6.45) is 2.49. The molecule has 0 aromatic carbocycles. The zero-order valence-electron chi connectivity index (χ0n) is 12.1. The molecule has 108 valence electrons. The minimum absolute atomic E-state index is 0.367. The van der Waals surface area contributed by atoms with E-state index in [2.05, 4.69) is 24.1 Å². The molecule has 2 rings (SSSR count). The van der Waals surface area contributed by atoms with Gasteiger partial charge >= 0.3 is 0 Å². The van der Waals surface area contributed by atoms with Crippen LogP contribution < -0.4 is 5.73 Å². The maximum atomic E-state index is 5.90. The quantitative estimate of drug-likeness (QED) is 0.900. The molecule has 5 heteroatoms. The van der Waals surface area contributed by atoms with Gasteiger partial charge in [-0.1, -0.05) is 13.8 Å². The Hall–Kier alpha value is -0.490. The van der Waals surface area contributed by atoms with Gasteiger partial charge in [0.05, 0.1) is 16.8 Å². The zero-order valence-corrected chi connectivity index (χ0v) is 12.9. The van der Waals surface area contributed by atoms with Crippen molar-refractivity contribution in [3.63, 3.8) is 0 Å². The Bertz CT molecular complexity index is 394. The lowest BCUT2D eigenvalue weighted by Gasteiger charge is -2.38. The van der Waals surface area contributed by atoms with Crippen molar-refractivity contribution < 1.29 is 4.74 Å². The molecule has 2 atom stereocenters. The van der Waals surface area contributed by atoms with E-state index in [1.54, 1.807) is 18.4 Å². The predicted molar refractivity (Wildman–Crippen MR) is 79.5 cm³/mol. The lowest BCUT2D eigenvalue weighted by atomic mass is 9.99. The molecule has 1 aromatic heterocycles. The van der Waals surface area contributed by atoms with Crippen LogP contribution in [0, 0.1) is 0 Å². The van der Waals surface area contributed by atoms with Crippen LogP contribution in [0.4, 0.5) is 0 Å².